The van der Waals surface area contributed by atoms with Crippen LogP contribution in [0.4, 0.5) is 0 Å². The summed E-state index contributed by atoms with van der Waals surface area (Å²) in [6.45, 7) is 16.5. The van der Waals surface area contributed by atoms with E-state index in [0.717, 1.165) is 31.8 Å². The molecule has 3 heteroatoms. The second kappa shape index (κ2) is 5.82. The Labute approximate surface area is 118 Å². The summed E-state index contributed by atoms with van der Waals surface area (Å²) in [4.78, 5) is 14.3. The molecule has 1 saturated heterocycles. The van der Waals surface area contributed by atoms with Gasteiger partial charge in [0.25, 0.3) is 5.91 Å². The molecule has 1 aliphatic heterocycles. The van der Waals surface area contributed by atoms with Gasteiger partial charge in [0, 0.05) is 13.1 Å². The van der Waals surface area contributed by atoms with Gasteiger partial charge < -0.3 is 9.64 Å². The van der Waals surface area contributed by atoms with Gasteiger partial charge in [0.15, 0.2) is 0 Å². The van der Waals surface area contributed by atoms with E-state index in [2.05, 4.69) is 20.8 Å². The summed E-state index contributed by atoms with van der Waals surface area (Å²) in [5.74, 6) is 0.859. The van der Waals surface area contributed by atoms with E-state index in [4.69, 9.17) is 4.74 Å². The number of carbonyl (C=O) groups excluding carboxylic acids is 1. The molecule has 0 spiro atoms. The van der Waals surface area contributed by atoms with Crippen LogP contribution in [0.5, 0.6) is 0 Å². The predicted octanol–water partition coefficient (Wildman–Crippen LogP) is 3.47. The first-order valence-corrected chi connectivity index (χ1v) is 7.47. The Morgan fingerprint density at radius 2 is 1.58 bits per heavy atom. The van der Waals surface area contributed by atoms with Crippen LogP contribution in [0.1, 0.15) is 61.3 Å². The highest BCUT2D eigenvalue weighted by atomic mass is 16.5. The van der Waals surface area contributed by atoms with Crippen LogP contribution in [-0.4, -0.2) is 35.6 Å². The van der Waals surface area contributed by atoms with E-state index >= 15 is 0 Å². The molecule has 112 valence electrons. The van der Waals surface area contributed by atoms with Crippen molar-refractivity contribution in [3.05, 3.63) is 0 Å². The highest BCUT2D eigenvalue weighted by Gasteiger charge is 2.32. The van der Waals surface area contributed by atoms with Gasteiger partial charge in [0.1, 0.15) is 6.10 Å². The fourth-order valence-corrected chi connectivity index (χ4v) is 2.80. The number of ether oxygens (including phenoxy) is 1. The van der Waals surface area contributed by atoms with Crippen molar-refractivity contribution in [1.29, 1.82) is 0 Å². The SMILES string of the molecule is CC(OC(C)(C)C)C(=O)N1CCC(C(C)(C)C)CC1. The van der Waals surface area contributed by atoms with Crippen molar-refractivity contribution in [1.82, 2.24) is 4.90 Å². The lowest BCUT2D eigenvalue weighted by Crippen LogP contribution is -2.47. The van der Waals surface area contributed by atoms with Crippen LogP contribution in [0, 0.1) is 11.3 Å². The third-order valence-corrected chi connectivity index (χ3v) is 3.91. The first-order valence-electron chi connectivity index (χ1n) is 7.47. The smallest absolute Gasteiger partial charge is 0.251 e. The summed E-state index contributed by atoms with van der Waals surface area (Å²) in [6, 6.07) is 0. The molecule has 0 aromatic rings. The third kappa shape index (κ3) is 5.13. The average molecular weight is 269 g/mol. The predicted molar refractivity (Wildman–Crippen MR) is 79.1 cm³/mol. The van der Waals surface area contributed by atoms with E-state index in [9.17, 15) is 4.79 Å². The number of nitrogens with zero attached hydrogens (tertiary/aromatic N) is 1. The molecule has 3 nitrogen and oxygen atoms in total. The Hall–Kier alpha value is -0.570. The fraction of sp³-hybridized carbons (Fsp3) is 0.938. The van der Waals surface area contributed by atoms with Gasteiger partial charge >= 0.3 is 0 Å². The number of piperidine rings is 1. The molecule has 0 N–H and O–H groups in total. The molecule has 0 bridgehead atoms. The number of amides is 1. The molecule has 0 aromatic heterocycles. The molecule has 1 rings (SSSR count). The monoisotopic (exact) mass is 269 g/mol. The van der Waals surface area contributed by atoms with E-state index in [0.29, 0.717) is 5.41 Å². The Morgan fingerprint density at radius 1 is 1.11 bits per heavy atom. The van der Waals surface area contributed by atoms with Crippen LogP contribution in [0.3, 0.4) is 0 Å². The minimum Gasteiger partial charge on any atom is -0.363 e. The lowest BCUT2D eigenvalue weighted by Gasteiger charge is -2.40. The molecule has 1 atom stereocenters. The quantitative estimate of drug-likeness (QED) is 0.768. The molecule has 1 amide bonds. The maximum absolute atomic E-state index is 12.3. The topological polar surface area (TPSA) is 29.5 Å². The van der Waals surface area contributed by atoms with Crippen molar-refractivity contribution in [3.8, 4) is 0 Å². The van der Waals surface area contributed by atoms with Crippen molar-refractivity contribution in [3.63, 3.8) is 0 Å². The molecule has 1 heterocycles. The molecular weight excluding hydrogens is 238 g/mol. The van der Waals surface area contributed by atoms with Gasteiger partial charge in [0.2, 0.25) is 0 Å². The normalized spacial score (nSPS) is 20.5. The Kier molecular flexibility index (Phi) is 5.05. The largest absolute Gasteiger partial charge is 0.363 e. The summed E-state index contributed by atoms with van der Waals surface area (Å²) in [6.07, 6.45) is 1.88. The zero-order valence-corrected chi connectivity index (χ0v) is 13.7. The summed E-state index contributed by atoms with van der Waals surface area (Å²) in [5, 5.41) is 0. The molecular formula is C16H31NO2. The van der Waals surface area contributed by atoms with Crippen LogP contribution in [0.15, 0.2) is 0 Å². The van der Waals surface area contributed by atoms with E-state index in [-0.39, 0.29) is 17.6 Å². The van der Waals surface area contributed by atoms with Gasteiger partial charge in [-0.05, 0) is 51.9 Å². The van der Waals surface area contributed by atoms with Crippen molar-refractivity contribution in [2.24, 2.45) is 11.3 Å². The second-order valence-corrected chi connectivity index (χ2v) is 7.84. The van der Waals surface area contributed by atoms with Crippen LogP contribution in [0.25, 0.3) is 0 Å². The number of hydrogen-bond donors (Lipinski definition) is 0. The van der Waals surface area contributed by atoms with Crippen LogP contribution in [0.2, 0.25) is 0 Å². The summed E-state index contributed by atoms with van der Waals surface area (Å²) in [5.41, 5.74) is 0.0848. The van der Waals surface area contributed by atoms with E-state index in [1.54, 1.807) is 0 Å². The van der Waals surface area contributed by atoms with Crippen molar-refractivity contribution >= 4 is 5.91 Å². The third-order valence-electron chi connectivity index (χ3n) is 3.91. The standard InChI is InChI=1S/C16H31NO2/c1-12(19-16(5,6)7)14(18)17-10-8-13(9-11-17)15(2,3)4/h12-13H,8-11H2,1-7H3. The van der Waals surface area contributed by atoms with Gasteiger partial charge in [-0.3, -0.25) is 4.79 Å². The van der Waals surface area contributed by atoms with E-state index in [1.165, 1.54) is 0 Å². The zero-order chi connectivity index (χ0) is 14.8. The summed E-state index contributed by atoms with van der Waals surface area (Å²) in [7, 11) is 0. The van der Waals surface area contributed by atoms with E-state index < -0.39 is 0 Å². The van der Waals surface area contributed by atoms with E-state index in [1.807, 2.05) is 32.6 Å². The van der Waals surface area contributed by atoms with Crippen LogP contribution < -0.4 is 0 Å². The highest BCUT2D eigenvalue weighted by molar-refractivity contribution is 5.80. The van der Waals surface area contributed by atoms with Crippen molar-refractivity contribution < 1.29 is 9.53 Å². The molecule has 0 saturated carbocycles. The van der Waals surface area contributed by atoms with Crippen LogP contribution >= 0.6 is 0 Å². The van der Waals surface area contributed by atoms with Gasteiger partial charge in [-0.2, -0.15) is 0 Å². The molecule has 0 aromatic carbocycles. The first kappa shape index (κ1) is 16.5. The Balaban J connectivity index is 2.49. The minimum absolute atomic E-state index is 0.141. The molecule has 1 aliphatic rings. The molecule has 1 unspecified atom stereocenters. The maximum Gasteiger partial charge on any atom is 0.251 e. The number of likely N-dealkylation sites (tertiary alicyclic amines) is 1. The minimum atomic E-state index is -0.341. The number of rotatable bonds is 2. The van der Waals surface area contributed by atoms with Gasteiger partial charge in [0.05, 0.1) is 5.60 Å². The second-order valence-electron chi connectivity index (χ2n) is 7.84. The van der Waals surface area contributed by atoms with Crippen LogP contribution in [-0.2, 0) is 9.53 Å². The molecule has 19 heavy (non-hydrogen) atoms. The Bertz CT molecular complexity index is 304. The molecule has 0 radical (unpaired) electrons. The summed E-state index contributed by atoms with van der Waals surface area (Å²) >= 11 is 0. The van der Waals surface area contributed by atoms with Gasteiger partial charge in [-0.15, -0.1) is 0 Å². The fourth-order valence-electron chi connectivity index (χ4n) is 2.80. The van der Waals surface area contributed by atoms with Gasteiger partial charge in [-0.1, -0.05) is 20.8 Å². The average Bonchev–Trinajstić information content (AvgIpc) is 2.24. The maximum atomic E-state index is 12.3. The highest BCUT2D eigenvalue weighted by Crippen LogP contribution is 2.34. The lowest BCUT2D eigenvalue weighted by molar-refractivity contribution is -0.153. The number of carbonyl (C=O) groups is 1. The van der Waals surface area contributed by atoms with Crippen molar-refractivity contribution in [2.45, 2.75) is 73.0 Å². The number of hydrogen-bond acceptors (Lipinski definition) is 2. The zero-order valence-electron chi connectivity index (χ0n) is 13.7. The lowest BCUT2D eigenvalue weighted by atomic mass is 9.75. The Morgan fingerprint density at radius 3 is 1.95 bits per heavy atom. The van der Waals surface area contributed by atoms with Crippen molar-refractivity contribution in [2.75, 3.05) is 13.1 Å². The molecule has 1 fully saturated rings. The molecule has 0 aliphatic carbocycles. The van der Waals surface area contributed by atoms with Gasteiger partial charge in [-0.25, -0.2) is 0 Å². The summed E-state index contributed by atoms with van der Waals surface area (Å²) < 4.78 is 5.76. The first-order chi connectivity index (χ1) is 8.50.